The number of hydrogen-bond donors (Lipinski definition) is 3. The van der Waals surface area contributed by atoms with Crippen LogP contribution in [0.2, 0.25) is 0 Å². The molecule has 1 saturated heterocycles. The van der Waals surface area contributed by atoms with Gasteiger partial charge in [-0.25, -0.2) is 4.39 Å². The summed E-state index contributed by atoms with van der Waals surface area (Å²) in [6.45, 7) is -0.232. The molecular formula is C20H17FN2O5S. The molecule has 0 bridgehead atoms. The Balaban J connectivity index is 1.56. The van der Waals surface area contributed by atoms with Crippen LogP contribution in [0.4, 0.5) is 9.18 Å². The van der Waals surface area contributed by atoms with Crippen LogP contribution in [0.1, 0.15) is 11.1 Å². The van der Waals surface area contributed by atoms with E-state index in [9.17, 15) is 29.0 Å². The first-order valence-electron chi connectivity index (χ1n) is 8.62. The van der Waals surface area contributed by atoms with Gasteiger partial charge in [-0.05, 0) is 48.0 Å². The summed E-state index contributed by atoms with van der Waals surface area (Å²) in [5, 5.41) is 20.7. The van der Waals surface area contributed by atoms with E-state index in [-0.39, 0.29) is 28.5 Å². The van der Waals surface area contributed by atoms with Gasteiger partial charge in [-0.15, -0.1) is 0 Å². The number of rotatable bonds is 6. The van der Waals surface area contributed by atoms with Gasteiger partial charge in [-0.1, -0.05) is 24.3 Å². The molecule has 0 saturated carbocycles. The number of phenols is 2. The molecule has 1 fully saturated rings. The van der Waals surface area contributed by atoms with Crippen molar-refractivity contribution in [3.8, 4) is 11.5 Å². The maximum Gasteiger partial charge on any atom is 0.294 e. The topological polar surface area (TPSA) is 107 Å². The van der Waals surface area contributed by atoms with E-state index in [4.69, 9.17) is 0 Å². The quantitative estimate of drug-likeness (QED) is 0.494. The average Bonchev–Trinajstić information content (AvgIpc) is 2.94. The molecule has 2 aromatic carbocycles. The lowest BCUT2D eigenvalue weighted by molar-refractivity contribution is -0.129. The Labute approximate surface area is 169 Å². The molecule has 3 N–H and O–H groups in total. The molecule has 7 nitrogen and oxygen atoms in total. The number of nitrogens with zero attached hydrogens (tertiary/aromatic N) is 1. The first-order chi connectivity index (χ1) is 13.8. The zero-order valence-electron chi connectivity index (χ0n) is 15.1. The summed E-state index contributed by atoms with van der Waals surface area (Å²) in [6.07, 6.45) is 1.67. The maximum atomic E-state index is 13.7. The third kappa shape index (κ3) is 4.94. The predicted molar refractivity (Wildman–Crippen MR) is 106 cm³/mol. The molecule has 9 heteroatoms. The fourth-order valence-corrected chi connectivity index (χ4v) is 3.47. The Kier molecular flexibility index (Phi) is 6.18. The van der Waals surface area contributed by atoms with Crippen molar-refractivity contribution in [3.63, 3.8) is 0 Å². The van der Waals surface area contributed by atoms with E-state index in [1.165, 1.54) is 36.4 Å². The van der Waals surface area contributed by atoms with Crippen LogP contribution in [0.3, 0.4) is 0 Å². The Hall–Kier alpha value is -3.33. The highest BCUT2D eigenvalue weighted by atomic mass is 32.2. The zero-order chi connectivity index (χ0) is 21.0. The monoisotopic (exact) mass is 416 g/mol. The van der Waals surface area contributed by atoms with Crippen molar-refractivity contribution in [1.82, 2.24) is 10.2 Å². The van der Waals surface area contributed by atoms with E-state index < -0.39 is 29.4 Å². The Morgan fingerprint density at radius 1 is 1.14 bits per heavy atom. The highest BCUT2D eigenvalue weighted by molar-refractivity contribution is 8.18. The van der Waals surface area contributed by atoms with Gasteiger partial charge in [-0.2, -0.15) is 0 Å². The number of aromatic hydroxyl groups is 2. The summed E-state index contributed by atoms with van der Waals surface area (Å²) in [5.41, 5.74) is 0.874. The molecule has 3 rings (SSSR count). The van der Waals surface area contributed by atoms with Crippen molar-refractivity contribution >= 4 is 34.9 Å². The molecule has 2 aromatic rings. The summed E-state index contributed by atoms with van der Waals surface area (Å²) in [5.74, 6) is -2.18. The molecule has 150 valence electrons. The third-order valence-corrected chi connectivity index (χ3v) is 5.05. The van der Waals surface area contributed by atoms with E-state index in [2.05, 4.69) is 5.32 Å². The zero-order valence-corrected chi connectivity index (χ0v) is 15.9. The van der Waals surface area contributed by atoms with Gasteiger partial charge in [0, 0.05) is 12.1 Å². The largest absolute Gasteiger partial charge is 0.504 e. The van der Waals surface area contributed by atoms with E-state index >= 15 is 0 Å². The first kappa shape index (κ1) is 20.4. The molecule has 1 aliphatic rings. The van der Waals surface area contributed by atoms with Crippen LogP contribution in [0.15, 0.2) is 47.4 Å². The van der Waals surface area contributed by atoms with Crippen molar-refractivity contribution in [2.24, 2.45) is 0 Å². The maximum absolute atomic E-state index is 13.7. The average molecular weight is 416 g/mol. The Morgan fingerprint density at radius 3 is 2.62 bits per heavy atom. The van der Waals surface area contributed by atoms with Crippen molar-refractivity contribution in [2.75, 3.05) is 13.1 Å². The Morgan fingerprint density at radius 2 is 1.90 bits per heavy atom. The molecule has 3 amide bonds. The number of hydrogen-bond acceptors (Lipinski definition) is 6. The minimum absolute atomic E-state index is 0.0486. The number of phenolic OH excluding ortho intramolecular Hbond substituents is 2. The second-order valence-corrected chi connectivity index (χ2v) is 7.21. The van der Waals surface area contributed by atoms with Gasteiger partial charge in [0.05, 0.1) is 4.91 Å². The molecule has 0 radical (unpaired) electrons. The fourth-order valence-electron chi connectivity index (χ4n) is 2.64. The van der Waals surface area contributed by atoms with E-state index in [0.29, 0.717) is 23.7 Å². The van der Waals surface area contributed by atoms with Crippen molar-refractivity contribution in [2.45, 2.75) is 6.42 Å². The lowest BCUT2D eigenvalue weighted by Crippen LogP contribution is -2.40. The van der Waals surface area contributed by atoms with Gasteiger partial charge in [0.15, 0.2) is 11.5 Å². The molecule has 0 aliphatic carbocycles. The number of halogens is 1. The second kappa shape index (κ2) is 8.78. The van der Waals surface area contributed by atoms with Crippen molar-refractivity contribution in [3.05, 3.63) is 64.3 Å². The molecule has 0 spiro atoms. The van der Waals surface area contributed by atoms with Crippen LogP contribution < -0.4 is 5.32 Å². The standard InChI is InChI=1S/C20H17FN2O5S/c21-14-4-2-1-3-13(14)10-17-19(27)23(20(28)29-17)11-18(26)22-8-7-12-5-6-15(24)16(25)9-12/h1-6,9-10,24-25H,7-8,11H2,(H,22,26). The number of thioether (sulfide) groups is 1. The summed E-state index contributed by atoms with van der Waals surface area (Å²) in [6, 6.07) is 10.2. The van der Waals surface area contributed by atoms with Crippen molar-refractivity contribution < 1.29 is 29.0 Å². The number of nitrogens with one attached hydrogen (secondary N) is 1. The number of amides is 3. The van der Waals surface area contributed by atoms with Crippen LogP contribution in [-0.2, 0) is 16.0 Å². The molecule has 0 unspecified atom stereocenters. The van der Waals surface area contributed by atoms with Gasteiger partial charge in [0.25, 0.3) is 11.1 Å². The predicted octanol–water partition coefficient (Wildman–Crippen LogP) is 2.63. The lowest BCUT2D eigenvalue weighted by atomic mass is 10.1. The third-order valence-electron chi connectivity index (χ3n) is 4.14. The second-order valence-electron chi connectivity index (χ2n) is 6.21. The van der Waals surface area contributed by atoms with E-state index in [1.54, 1.807) is 12.1 Å². The summed E-state index contributed by atoms with van der Waals surface area (Å²) in [7, 11) is 0. The number of carbonyl (C=O) groups is 3. The minimum atomic E-state index is -0.651. The van der Waals surface area contributed by atoms with Crippen LogP contribution in [-0.4, -0.2) is 45.3 Å². The number of carbonyl (C=O) groups excluding carboxylic acids is 3. The van der Waals surface area contributed by atoms with Gasteiger partial charge in [-0.3, -0.25) is 19.3 Å². The highest BCUT2D eigenvalue weighted by Crippen LogP contribution is 2.32. The Bertz CT molecular complexity index is 1010. The molecule has 1 aliphatic heterocycles. The summed E-state index contributed by atoms with van der Waals surface area (Å²) < 4.78 is 13.7. The smallest absolute Gasteiger partial charge is 0.294 e. The lowest BCUT2D eigenvalue weighted by Gasteiger charge is -2.12. The SMILES string of the molecule is O=C(CN1C(=O)SC(=Cc2ccccc2F)C1=O)NCCc1ccc(O)c(O)c1. The van der Waals surface area contributed by atoms with Gasteiger partial charge >= 0.3 is 0 Å². The molecule has 0 aromatic heterocycles. The van der Waals surface area contributed by atoms with Gasteiger partial charge < -0.3 is 15.5 Å². The molecular weight excluding hydrogens is 399 g/mol. The van der Waals surface area contributed by atoms with Crippen LogP contribution in [0.5, 0.6) is 11.5 Å². The molecule has 29 heavy (non-hydrogen) atoms. The van der Waals surface area contributed by atoms with Crippen molar-refractivity contribution in [1.29, 1.82) is 0 Å². The van der Waals surface area contributed by atoms with E-state index in [1.807, 2.05) is 0 Å². The van der Waals surface area contributed by atoms with Crippen LogP contribution in [0, 0.1) is 5.82 Å². The van der Waals surface area contributed by atoms with Crippen LogP contribution in [0.25, 0.3) is 6.08 Å². The number of benzene rings is 2. The minimum Gasteiger partial charge on any atom is -0.504 e. The van der Waals surface area contributed by atoms with Crippen LogP contribution >= 0.6 is 11.8 Å². The number of imide groups is 1. The van der Waals surface area contributed by atoms with Gasteiger partial charge in [0.2, 0.25) is 5.91 Å². The summed E-state index contributed by atoms with van der Waals surface area (Å²) >= 11 is 0.651. The summed E-state index contributed by atoms with van der Waals surface area (Å²) in [4.78, 5) is 37.4. The first-order valence-corrected chi connectivity index (χ1v) is 9.44. The highest BCUT2D eigenvalue weighted by Gasteiger charge is 2.36. The molecule has 1 heterocycles. The van der Waals surface area contributed by atoms with E-state index in [0.717, 1.165) is 4.90 Å². The molecule has 0 atom stereocenters. The normalized spacial score (nSPS) is 15.2. The van der Waals surface area contributed by atoms with Gasteiger partial charge in [0.1, 0.15) is 12.4 Å². The fraction of sp³-hybridized carbons (Fsp3) is 0.150.